The minimum Gasteiger partial charge on any atom is -0.317 e. The van der Waals surface area contributed by atoms with Crippen LogP contribution in [0.15, 0.2) is 0 Å². The maximum atomic E-state index is 3.44. The fourth-order valence-corrected chi connectivity index (χ4v) is 3.95. The average molecular weight is 216 g/mol. The molecule has 14 heavy (non-hydrogen) atoms. The van der Waals surface area contributed by atoms with Crippen LogP contribution < -0.4 is 5.32 Å². The summed E-state index contributed by atoms with van der Waals surface area (Å²) in [5, 5.41) is 3.44. The molecule has 2 fully saturated rings. The van der Waals surface area contributed by atoms with Crippen LogP contribution in [0, 0.1) is 0 Å². The van der Waals surface area contributed by atoms with Gasteiger partial charge in [-0.25, -0.2) is 0 Å². The Kier molecular flexibility index (Phi) is 5.28. The highest BCUT2D eigenvalue weighted by Crippen LogP contribution is 2.41. The number of nitrogens with zero attached hydrogens (tertiary/aromatic N) is 1. The van der Waals surface area contributed by atoms with Crippen LogP contribution in [-0.4, -0.2) is 41.7 Å². The minimum absolute atomic E-state index is 0.528. The zero-order valence-corrected chi connectivity index (χ0v) is 10.6. The smallest absolute Gasteiger partial charge is 0.0695 e. The molecule has 0 aromatic rings. The zero-order valence-electron chi connectivity index (χ0n) is 9.81. The van der Waals surface area contributed by atoms with Crippen LogP contribution in [0.5, 0.6) is 0 Å². The number of hydrogen-bond donors (Lipinski definition) is 1. The molecule has 1 N–H and O–H groups in total. The fourth-order valence-electron chi connectivity index (χ4n) is 2.37. The quantitative estimate of drug-likeness (QED) is 0.723. The second-order valence-corrected chi connectivity index (χ2v) is 5.08. The molecule has 0 unspecified atom stereocenters. The first-order valence-electron chi connectivity index (χ1n) is 5.97. The molecule has 0 amide bonds. The lowest BCUT2D eigenvalue weighted by Gasteiger charge is -2.40. The van der Waals surface area contributed by atoms with Crippen LogP contribution in [-0.2, 0) is 0 Å². The van der Waals surface area contributed by atoms with E-state index in [1.54, 1.807) is 0 Å². The van der Waals surface area contributed by atoms with Crippen molar-refractivity contribution in [3.8, 4) is 0 Å². The van der Waals surface area contributed by atoms with Gasteiger partial charge in [-0.15, -0.1) is 11.8 Å². The summed E-state index contributed by atoms with van der Waals surface area (Å²) in [7, 11) is 0. The summed E-state index contributed by atoms with van der Waals surface area (Å²) in [6.07, 6.45) is 2.68. The van der Waals surface area contributed by atoms with Gasteiger partial charge in [-0.05, 0) is 32.5 Å². The molecule has 2 aliphatic rings. The Hall–Kier alpha value is 0.270. The van der Waals surface area contributed by atoms with Gasteiger partial charge in [-0.3, -0.25) is 4.90 Å². The highest BCUT2D eigenvalue weighted by atomic mass is 32.2. The van der Waals surface area contributed by atoms with E-state index in [1.807, 2.05) is 13.8 Å². The first kappa shape index (κ1) is 12.3. The Labute approximate surface area is 92.8 Å². The molecule has 1 spiro atoms. The van der Waals surface area contributed by atoms with Crippen LogP contribution in [0.3, 0.4) is 0 Å². The Morgan fingerprint density at radius 1 is 1.29 bits per heavy atom. The second kappa shape index (κ2) is 5.99. The van der Waals surface area contributed by atoms with Gasteiger partial charge in [0.2, 0.25) is 0 Å². The molecule has 0 aromatic carbocycles. The van der Waals surface area contributed by atoms with Gasteiger partial charge in [-0.2, -0.15) is 0 Å². The average Bonchev–Trinajstić information content (AvgIpc) is 2.65. The molecule has 0 aliphatic carbocycles. The molecule has 3 heteroatoms. The van der Waals surface area contributed by atoms with E-state index in [4.69, 9.17) is 0 Å². The molecular weight excluding hydrogens is 192 g/mol. The fraction of sp³-hybridized carbons (Fsp3) is 1.00. The predicted octanol–water partition coefficient (Wildman–Crippen LogP) is 2.16. The molecule has 2 heterocycles. The summed E-state index contributed by atoms with van der Waals surface area (Å²) in [5.41, 5.74) is 0. The molecule has 2 saturated heterocycles. The first-order valence-corrected chi connectivity index (χ1v) is 6.96. The van der Waals surface area contributed by atoms with E-state index in [2.05, 4.69) is 28.9 Å². The SMILES string of the molecule is CC.CCN1CCSC12CCNCC2. The third kappa shape index (κ3) is 2.44. The van der Waals surface area contributed by atoms with Crippen molar-refractivity contribution in [2.75, 3.05) is 31.9 Å². The van der Waals surface area contributed by atoms with Crippen LogP contribution >= 0.6 is 11.8 Å². The molecule has 0 saturated carbocycles. The van der Waals surface area contributed by atoms with Crippen molar-refractivity contribution in [3.63, 3.8) is 0 Å². The molecule has 2 aliphatic heterocycles. The lowest BCUT2D eigenvalue weighted by atomic mass is 10.0. The number of thioether (sulfide) groups is 1. The van der Waals surface area contributed by atoms with E-state index in [9.17, 15) is 0 Å². The number of piperidine rings is 1. The van der Waals surface area contributed by atoms with Crippen molar-refractivity contribution in [2.45, 2.75) is 38.5 Å². The third-order valence-corrected chi connectivity index (χ3v) is 4.67. The molecule has 2 rings (SSSR count). The lowest BCUT2D eigenvalue weighted by molar-refractivity contribution is 0.164. The summed E-state index contributed by atoms with van der Waals surface area (Å²) in [5.74, 6) is 1.34. The van der Waals surface area contributed by atoms with Crippen molar-refractivity contribution in [2.24, 2.45) is 0 Å². The third-order valence-electron chi connectivity index (χ3n) is 3.07. The Bertz CT molecular complexity index is 155. The van der Waals surface area contributed by atoms with Crippen LogP contribution in [0.2, 0.25) is 0 Å². The van der Waals surface area contributed by atoms with Gasteiger partial charge >= 0.3 is 0 Å². The summed E-state index contributed by atoms with van der Waals surface area (Å²) in [4.78, 5) is 3.19. The van der Waals surface area contributed by atoms with Crippen molar-refractivity contribution >= 4 is 11.8 Å². The van der Waals surface area contributed by atoms with Gasteiger partial charge in [0.25, 0.3) is 0 Å². The maximum absolute atomic E-state index is 3.44. The Morgan fingerprint density at radius 3 is 2.50 bits per heavy atom. The molecule has 0 radical (unpaired) electrons. The molecule has 2 nitrogen and oxygen atoms in total. The van der Waals surface area contributed by atoms with Gasteiger partial charge in [0, 0.05) is 12.3 Å². The standard InChI is InChI=1S/C9H18N2S.C2H6/c1-2-11-7-8-12-9(11)3-5-10-6-4-9;1-2/h10H,2-8H2,1H3;1-2H3. The van der Waals surface area contributed by atoms with E-state index in [-0.39, 0.29) is 0 Å². The monoisotopic (exact) mass is 216 g/mol. The van der Waals surface area contributed by atoms with Crippen molar-refractivity contribution in [3.05, 3.63) is 0 Å². The van der Waals surface area contributed by atoms with Crippen molar-refractivity contribution < 1.29 is 0 Å². The van der Waals surface area contributed by atoms with E-state index in [1.165, 1.54) is 44.8 Å². The number of hydrogen-bond acceptors (Lipinski definition) is 3. The van der Waals surface area contributed by atoms with Crippen LogP contribution in [0.1, 0.15) is 33.6 Å². The number of nitrogens with one attached hydrogen (secondary N) is 1. The highest BCUT2D eigenvalue weighted by molar-refractivity contribution is 8.00. The van der Waals surface area contributed by atoms with E-state index >= 15 is 0 Å². The summed E-state index contributed by atoms with van der Waals surface area (Å²) >= 11 is 2.18. The van der Waals surface area contributed by atoms with Gasteiger partial charge in [0.1, 0.15) is 0 Å². The van der Waals surface area contributed by atoms with Gasteiger partial charge < -0.3 is 5.32 Å². The Balaban J connectivity index is 0.000000461. The van der Waals surface area contributed by atoms with E-state index in [0.717, 1.165) is 0 Å². The normalized spacial score (nSPS) is 25.9. The molecule has 0 atom stereocenters. The molecule has 84 valence electrons. The van der Waals surface area contributed by atoms with Gasteiger partial charge in [-0.1, -0.05) is 20.8 Å². The summed E-state index contributed by atoms with van der Waals surface area (Å²) < 4.78 is 0. The van der Waals surface area contributed by atoms with E-state index in [0.29, 0.717) is 4.87 Å². The van der Waals surface area contributed by atoms with E-state index < -0.39 is 0 Å². The minimum atomic E-state index is 0.528. The van der Waals surface area contributed by atoms with Crippen LogP contribution in [0.4, 0.5) is 0 Å². The van der Waals surface area contributed by atoms with Gasteiger partial charge in [0.05, 0.1) is 4.87 Å². The zero-order chi connectivity index (χ0) is 10.4. The largest absolute Gasteiger partial charge is 0.317 e. The maximum Gasteiger partial charge on any atom is 0.0695 e. The molecular formula is C11H24N2S. The first-order chi connectivity index (χ1) is 6.87. The Morgan fingerprint density at radius 2 is 1.93 bits per heavy atom. The van der Waals surface area contributed by atoms with Crippen molar-refractivity contribution in [1.82, 2.24) is 10.2 Å². The van der Waals surface area contributed by atoms with Crippen LogP contribution in [0.25, 0.3) is 0 Å². The molecule has 0 aromatic heterocycles. The topological polar surface area (TPSA) is 15.3 Å². The summed E-state index contributed by atoms with van der Waals surface area (Å²) in [6, 6.07) is 0. The van der Waals surface area contributed by atoms with Gasteiger partial charge in [0.15, 0.2) is 0 Å². The highest BCUT2D eigenvalue weighted by Gasteiger charge is 2.41. The van der Waals surface area contributed by atoms with Crippen molar-refractivity contribution in [1.29, 1.82) is 0 Å². The molecule has 0 bridgehead atoms. The predicted molar refractivity (Wildman–Crippen MR) is 65.9 cm³/mol. The lowest BCUT2D eigenvalue weighted by Crippen LogP contribution is -2.49. The summed E-state index contributed by atoms with van der Waals surface area (Å²) in [6.45, 7) is 11.2. The second-order valence-electron chi connectivity index (χ2n) is 3.62. The number of rotatable bonds is 1.